The minimum Gasteiger partial charge on any atom is -0.261 e. The molecule has 2 rings (SSSR count). The number of pyridine rings is 1. The van der Waals surface area contributed by atoms with Gasteiger partial charge in [0.1, 0.15) is 5.82 Å². The summed E-state index contributed by atoms with van der Waals surface area (Å²) in [5, 5.41) is 1.90. The molecular weight excluding hydrogens is 245 g/mol. The Morgan fingerprint density at radius 1 is 1.36 bits per heavy atom. The van der Waals surface area contributed by atoms with Gasteiger partial charge in [-0.25, -0.2) is 4.39 Å². The number of fused-ring (bicyclic) bond motifs is 1. The lowest BCUT2D eigenvalue weighted by Crippen LogP contribution is -1.91. The van der Waals surface area contributed by atoms with Gasteiger partial charge in [-0.3, -0.25) is 4.98 Å². The van der Waals surface area contributed by atoms with E-state index in [2.05, 4.69) is 20.9 Å². The zero-order chi connectivity index (χ0) is 10.1. The molecule has 72 valence electrons. The smallest absolute Gasteiger partial charge is 0.138 e. The van der Waals surface area contributed by atoms with Gasteiger partial charge in [0.05, 0.1) is 4.47 Å². The minimum atomic E-state index is -0.236. The van der Waals surface area contributed by atoms with Crippen LogP contribution in [0, 0.1) is 5.82 Å². The van der Waals surface area contributed by atoms with Gasteiger partial charge < -0.3 is 0 Å². The van der Waals surface area contributed by atoms with Crippen molar-refractivity contribution < 1.29 is 4.39 Å². The van der Waals surface area contributed by atoms with Gasteiger partial charge in [-0.2, -0.15) is 0 Å². The normalized spacial score (nSPS) is 10.8. The fourth-order valence-corrected chi connectivity index (χ4v) is 2.13. The van der Waals surface area contributed by atoms with E-state index in [0.717, 1.165) is 22.9 Å². The molecule has 0 N–H and O–H groups in total. The number of aromatic nitrogens is 1. The molecule has 1 aromatic carbocycles. The van der Waals surface area contributed by atoms with Crippen LogP contribution in [0.15, 0.2) is 28.9 Å². The van der Waals surface area contributed by atoms with Gasteiger partial charge in [0.25, 0.3) is 0 Å². The Kier molecular flexibility index (Phi) is 2.50. The van der Waals surface area contributed by atoms with Crippen LogP contribution >= 0.6 is 15.9 Å². The molecule has 2 aromatic rings. The molecule has 3 heteroatoms. The fraction of sp³-hybridized carbons (Fsp3) is 0.182. The molecule has 1 heterocycles. The molecule has 0 saturated carbocycles. The zero-order valence-corrected chi connectivity index (χ0v) is 9.31. The zero-order valence-electron chi connectivity index (χ0n) is 7.72. The SMILES string of the molecule is CCc1nccc2ccc(F)c(Br)c12. The van der Waals surface area contributed by atoms with E-state index < -0.39 is 0 Å². The van der Waals surface area contributed by atoms with Gasteiger partial charge in [-0.15, -0.1) is 0 Å². The largest absolute Gasteiger partial charge is 0.261 e. The van der Waals surface area contributed by atoms with Gasteiger partial charge in [0, 0.05) is 17.3 Å². The van der Waals surface area contributed by atoms with E-state index in [0.29, 0.717) is 4.47 Å². The Balaban J connectivity index is 2.89. The maximum atomic E-state index is 13.3. The van der Waals surface area contributed by atoms with Crippen molar-refractivity contribution >= 4 is 26.7 Å². The van der Waals surface area contributed by atoms with Crippen molar-refractivity contribution in [2.24, 2.45) is 0 Å². The van der Waals surface area contributed by atoms with Crippen molar-refractivity contribution in [3.05, 3.63) is 40.4 Å². The number of benzene rings is 1. The van der Waals surface area contributed by atoms with Gasteiger partial charge >= 0.3 is 0 Å². The molecular formula is C11H9BrFN. The monoisotopic (exact) mass is 253 g/mol. The third-order valence-electron chi connectivity index (χ3n) is 2.24. The first-order valence-corrected chi connectivity index (χ1v) is 5.25. The molecule has 0 unspecified atom stereocenters. The molecule has 1 nitrogen and oxygen atoms in total. The molecule has 0 spiro atoms. The Morgan fingerprint density at radius 2 is 2.14 bits per heavy atom. The Bertz CT molecular complexity index is 482. The summed E-state index contributed by atoms with van der Waals surface area (Å²) < 4.78 is 13.8. The predicted molar refractivity (Wildman–Crippen MR) is 58.8 cm³/mol. The topological polar surface area (TPSA) is 12.9 Å². The van der Waals surface area contributed by atoms with Crippen LogP contribution < -0.4 is 0 Å². The quantitative estimate of drug-likeness (QED) is 0.756. The highest BCUT2D eigenvalue weighted by molar-refractivity contribution is 9.10. The molecule has 0 radical (unpaired) electrons. The fourth-order valence-electron chi connectivity index (χ4n) is 1.54. The molecule has 0 atom stereocenters. The van der Waals surface area contributed by atoms with Crippen molar-refractivity contribution in [1.29, 1.82) is 0 Å². The van der Waals surface area contributed by atoms with E-state index in [-0.39, 0.29) is 5.82 Å². The lowest BCUT2D eigenvalue weighted by atomic mass is 10.1. The number of aryl methyl sites for hydroxylation is 1. The van der Waals surface area contributed by atoms with E-state index in [9.17, 15) is 4.39 Å². The Morgan fingerprint density at radius 3 is 2.86 bits per heavy atom. The summed E-state index contributed by atoms with van der Waals surface area (Å²) in [7, 11) is 0. The summed E-state index contributed by atoms with van der Waals surface area (Å²) in [6.07, 6.45) is 2.56. The van der Waals surface area contributed by atoms with Crippen LogP contribution in [-0.2, 0) is 6.42 Å². The first-order chi connectivity index (χ1) is 6.74. The Labute approximate surface area is 90.1 Å². The summed E-state index contributed by atoms with van der Waals surface area (Å²) in [5.41, 5.74) is 0.925. The third kappa shape index (κ3) is 1.42. The Hall–Kier alpha value is -0.960. The van der Waals surface area contributed by atoms with Crippen molar-refractivity contribution in [1.82, 2.24) is 4.98 Å². The summed E-state index contributed by atoms with van der Waals surface area (Å²) in [6, 6.07) is 5.13. The highest BCUT2D eigenvalue weighted by atomic mass is 79.9. The molecule has 0 aliphatic rings. The first-order valence-electron chi connectivity index (χ1n) is 4.45. The molecule has 0 fully saturated rings. The van der Waals surface area contributed by atoms with E-state index >= 15 is 0 Å². The molecule has 0 bridgehead atoms. The van der Waals surface area contributed by atoms with Crippen LogP contribution in [0.25, 0.3) is 10.8 Å². The first kappa shape index (κ1) is 9.59. The molecule has 1 aromatic heterocycles. The second-order valence-corrected chi connectivity index (χ2v) is 3.86. The maximum absolute atomic E-state index is 13.3. The van der Waals surface area contributed by atoms with Crippen LogP contribution in [0.2, 0.25) is 0 Å². The van der Waals surface area contributed by atoms with Gasteiger partial charge in [0.15, 0.2) is 0 Å². The van der Waals surface area contributed by atoms with Crippen LogP contribution in [0.3, 0.4) is 0 Å². The van der Waals surface area contributed by atoms with Crippen LogP contribution in [0.1, 0.15) is 12.6 Å². The second-order valence-electron chi connectivity index (χ2n) is 3.07. The van der Waals surface area contributed by atoms with Gasteiger partial charge in [0.2, 0.25) is 0 Å². The maximum Gasteiger partial charge on any atom is 0.138 e. The number of hydrogen-bond acceptors (Lipinski definition) is 1. The van der Waals surface area contributed by atoms with E-state index in [1.807, 2.05) is 13.0 Å². The molecule has 14 heavy (non-hydrogen) atoms. The predicted octanol–water partition coefficient (Wildman–Crippen LogP) is 3.70. The summed E-state index contributed by atoms with van der Waals surface area (Å²) in [5.74, 6) is -0.236. The number of hydrogen-bond donors (Lipinski definition) is 0. The van der Waals surface area contributed by atoms with E-state index in [1.54, 1.807) is 12.3 Å². The molecule has 0 amide bonds. The standard InChI is InChI=1S/C11H9BrFN/c1-2-9-10-7(5-6-14-9)3-4-8(13)11(10)12/h3-6H,2H2,1H3. The van der Waals surface area contributed by atoms with Crippen LogP contribution in [0.4, 0.5) is 4.39 Å². The summed E-state index contributed by atoms with van der Waals surface area (Å²) in [4.78, 5) is 4.23. The van der Waals surface area contributed by atoms with Crippen molar-refractivity contribution in [2.45, 2.75) is 13.3 Å². The average Bonchev–Trinajstić information content (AvgIpc) is 2.23. The number of nitrogens with zero attached hydrogens (tertiary/aromatic N) is 1. The third-order valence-corrected chi connectivity index (χ3v) is 3.01. The molecule has 0 saturated heterocycles. The van der Waals surface area contributed by atoms with Crippen molar-refractivity contribution in [3.63, 3.8) is 0 Å². The van der Waals surface area contributed by atoms with Crippen LogP contribution in [0.5, 0.6) is 0 Å². The van der Waals surface area contributed by atoms with E-state index in [1.165, 1.54) is 6.07 Å². The highest BCUT2D eigenvalue weighted by Gasteiger charge is 2.08. The average molecular weight is 254 g/mol. The van der Waals surface area contributed by atoms with Gasteiger partial charge in [-0.1, -0.05) is 13.0 Å². The molecule has 0 aliphatic carbocycles. The minimum absolute atomic E-state index is 0.236. The highest BCUT2D eigenvalue weighted by Crippen LogP contribution is 2.28. The van der Waals surface area contributed by atoms with Crippen LogP contribution in [-0.4, -0.2) is 4.98 Å². The van der Waals surface area contributed by atoms with Crippen molar-refractivity contribution in [2.75, 3.05) is 0 Å². The second kappa shape index (κ2) is 3.65. The summed E-state index contributed by atoms with van der Waals surface area (Å²) >= 11 is 3.26. The lowest BCUT2D eigenvalue weighted by molar-refractivity contribution is 0.623. The van der Waals surface area contributed by atoms with Gasteiger partial charge in [-0.05, 0) is 39.9 Å². The summed E-state index contributed by atoms with van der Waals surface area (Å²) in [6.45, 7) is 2.01. The number of rotatable bonds is 1. The van der Waals surface area contributed by atoms with E-state index in [4.69, 9.17) is 0 Å². The molecule has 0 aliphatic heterocycles. The lowest BCUT2D eigenvalue weighted by Gasteiger charge is -2.05. The van der Waals surface area contributed by atoms with Crippen molar-refractivity contribution in [3.8, 4) is 0 Å². The number of halogens is 2.